The zero-order valence-corrected chi connectivity index (χ0v) is 17.5. The molecule has 2 N–H and O–H groups in total. The SMILES string of the molecule is CC(NC(=O)CN1CCCC(N(C)CC(=O)O)CC1)C1CC2CCC1C2.Cl. The highest BCUT2D eigenvalue weighted by molar-refractivity contribution is 5.85. The van der Waals surface area contributed by atoms with Gasteiger partial charge in [0.1, 0.15) is 0 Å². The first-order valence-electron chi connectivity index (χ1n) is 10.4. The largest absolute Gasteiger partial charge is 0.480 e. The number of fused-ring (bicyclic) bond motifs is 2. The molecule has 27 heavy (non-hydrogen) atoms. The Kier molecular flexibility index (Phi) is 8.38. The molecular weight excluding hydrogens is 366 g/mol. The molecule has 0 aromatic heterocycles. The summed E-state index contributed by atoms with van der Waals surface area (Å²) in [5, 5.41) is 12.2. The number of hydrogen-bond acceptors (Lipinski definition) is 4. The highest BCUT2D eigenvalue weighted by atomic mass is 35.5. The van der Waals surface area contributed by atoms with Crippen molar-refractivity contribution in [3.63, 3.8) is 0 Å². The number of carboxylic acid groups (broad SMARTS) is 1. The molecule has 7 heteroatoms. The molecule has 2 aliphatic carbocycles. The number of amides is 1. The summed E-state index contributed by atoms with van der Waals surface area (Å²) in [5.74, 6) is 1.80. The van der Waals surface area contributed by atoms with Crippen molar-refractivity contribution in [2.45, 2.75) is 64.0 Å². The fraction of sp³-hybridized carbons (Fsp3) is 0.900. The molecule has 3 rings (SSSR count). The van der Waals surface area contributed by atoms with Crippen molar-refractivity contribution in [3.05, 3.63) is 0 Å². The van der Waals surface area contributed by atoms with Crippen LogP contribution in [0.25, 0.3) is 0 Å². The van der Waals surface area contributed by atoms with E-state index in [0.717, 1.165) is 44.2 Å². The number of aliphatic carboxylic acids is 1. The third-order valence-corrected chi connectivity index (χ3v) is 6.99. The lowest BCUT2D eigenvalue weighted by Gasteiger charge is -2.29. The summed E-state index contributed by atoms with van der Waals surface area (Å²) in [5.41, 5.74) is 0. The molecule has 6 nitrogen and oxygen atoms in total. The maximum Gasteiger partial charge on any atom is 0.317 e. The van der Waals surface area contributed by atoms with Gasteiger partial charge in [-0.25, -0.2) is 0 Å². The van der Waals surface area contributed by atoms with Gasteiger partial charge in [-0.15, -0.1) is 12.4 Å². The van der Waals surface area contributed by atoms with Gasteiger partial charge in [0.05, 0.1) is 13.1 Å². The smallest absolute Gasteiger partial charge is 0.317 e. The van der Waals surface area contributed by atoms with Crippen LogP contribution in [0.3, 0.4) is 0 Å². The van der Waals surface area contributed by atoms with Crippen LogP contribution in [0.4, 0.5) is 0 Å². The summed E-state index contributed by atoms with van der Waals surface area (Å²) in [6, 6.07) is 0.589. The van der Waals surface area contributed by atoms with Gasteiger partial charge in [-0.3, -0.25) is 19.4 Å². The number of nitrogens with zero attached hydrogens (tertiary/aromatic N) is 2. The number of likely N-dealkylation sites (N-methyl/N-ethyl adjacent to an activating group) is 1. The highest BCUT2D eigenvalue weighted by Gasteiger charge is 2.42. The number of likely N-dealkylation sites (tertiary alicyclic amines) is 1. The molecule has 0 aromatic rings. The molecule has 1 amide bonds. The predicted octanol–water partition coefficient (Wildman–Crippen LogP) is 2.22. The van der Waals surface area contributed by atoms with E-state index in [2.05, 4.69) is 17.1 Å². The molecule has 1 saturated heterocycles. The molecule has 3 aliphatic rings. The van der Waals surface area contributed by atoms with Crippen LogP contribution in [0, 0.1) is 17.8 Å². The molecule has 156 valence electrons. The topological polar surface area (TPSA) is 72.9 Å². The Hall–Kier alpha value is -0.850. The first-order chi connectivity index (χ1) is 12.4. The monoisotopic (exact) mass is 401 g/mol. The summed E-state index contributed by atoms with van der Waals surface area (Å²) in [6.45, 7) is 4.53. The lowest BCUT2D eigenvalue weighted by atomic mass is 9.84. The van der Waals surface area contributed by atoms with Crippen LogP contribution >= 0.6 is 12.4 Å². The van der Waals surface area contributed by atoms with Crippen LogP contribution in [0.5, 0.6) is 0 Å². The molecule has 0 radical (unpaired) electrons. The molecule has 0 spiro atoms. The maximum atomic E-state index is 12.5. The Morgan fingerprint density at radius 1 is 1.19 bits per heavy atom. The van der Waals surface area contributed by atoms with Gasteiger partial charge in [-0.2, -0.15) is 0 Å². The summed E-state index contributed by atoms with van der Waals surface area (Å²) < 4.78 is 0. The lowest BCUT2D eigenvalue weighted by molar-refractivity contribution is -0.138. The molecule has 3 fully saturated rings. The van der Waals surface area contributed by atoms with E-state index >= 15 is 0 Å². The molecular formula is C20H36ClN3O3. The van der Waals surface area contributed by atoms with Crippen molar-refractivity contribution >= 4 is 24.3 Å². The van der Waals surface area contributed by atoms with Crippen molar-refractivity contribution in [1.29, 1.82) is 0 Å². The Balaban J connectivity index is 0.00000261. The second-order valence-electron chi connectivity index (χ2n) is 8.86. The van der Waals surface area contributed by atoms with Crippen LogP contribution in [0.1, 0.15) is 51.9 Å². The van der Waals surface area contributed by atoms with Crippen molar-refractivity contribution in [2.24, 2.45) is 17.8 Å². The first kappa shape index (κ1) is 22.4. The van der Waals surface area contributed by atoms with Gasteiger partial charge < -0.3 is 10.4 Å². The molecule has 2 saturated carbocycles. The Labute approximate surface area is 169 Å². The van der Waals surface area contributed by atoms with E-state index in [-0.39, 0.29) is 24.9 Å². The first-order valence-corrected chi connectivity index (χ1v) is 10.4. The Bertz CT molecular complexity index is 519. The molecule has 5 unspecified atom stereocenters. The highest BCUT2D eigenvalue weighted by Crippen LogP contribution is 2.49. The van der Waals surface area contributed by atoms with Crippen LogP contribution < -0.4 is 5.32 Å². The third kappa shape index (κ3) is 6.06. The Morgan fingerprint density at radius 2 is 1.96 bits per heavy atom. The van der Waals surface area contributed by atoms with Gasteiger partial charge in [-0.05, 0) is 76.8 Å². The number of nitrogens with one attached hydrogen (secondary N) is 1. The average Bonchev–Trinajstić information content (AvgIpc) is 3.12. The normalized spacial score (nSPS) is 32.0. The number of carbonyl (C=O) groups is 2. The van der Waals surface area contributed by atoms with E-state index in [9.17, 15) is 9.59 Å². The molecule has 1 heterocycles. The van der Waals surface area contributed by atoms with E-state index < -0.39 is 5.97 Å². The molecule has 2 bridgehead atoms. The minimum absolute atomic E-state index is 0. The number of halogens is 1. The quantitative estimate of drug-likeness (QED) is 0.684. The minimum atomic E-state index is -0.775. The summed E-state index contributed by atoms with van der Waals surface area (Å²) in [4.78, 5) is 27.6. The summed E-state index contributed by atoms with van der Waals surface area (Å²) in [6.07, 6.45) is 8.38. The average molecular weight is 402 g/mol. The van der Waals surface area contributed by atoms with E-state index in [1.165, 1.54) is 25.7 Å². The number of carboxylic acids is 1. The third-order valence-electron chi connectivity index (χ3n) is 6.99. The van der Waals surface area contributed by atoms with Crippen LogP contribution in [0.15, 0.2) is 0 Å². The predicted molar refractivity (Wildman–Crippen MR) is 108 cm³/mol. The summed E-state index contributed by atoms with van der Waals surface area (Å²) in [7, 11) is 1.89. The second kappa shape index (κ2) is 10.1. The number of carbonyl (C=O) groups excluding carboxylic acids is 1. The van der Waals surface area contributed by atoms with E-state index in [1.54, 1.807) is 0 Å². The number of hydrogen-bond donors (Lipinski definition) is 2. The van der Waals surface area contributed by atoms with Gasteiger partial charge in [0, 0.05) is 18.6 Å². The molecule has 0 aromatic carbocycles. The lowest BCUT2D eigenvalue weighted by Crippen LogP contribution is -2.45. The Morgan fingerprint density at radius 3 is 2.59 bits per heavy atom. The molecule has 5 atom stereocenters. The fourth-order valence-corrected chi connectivity index (χ4v) is 5.60. The van der Waals surface area contributed by atoms with Crippen LogP contribution in [-0.2, 0) is 9.59 Å². The summed E-state index contributed by atoms with van der Waals surface area (Å²) >= 11 is 0. The minimum Gasteiger partial charge on any atom is -0.480 e. The van der Waals surface area contributed by atoms with Gasteiger partial charge in [-0.1, -0.05) is 6.42 Å². The maximum absolute atomic E-state index is 12.5. The van der Waals surface area contributed by atoms with Crippen LogP contribution in [-0.4, -0.2) is 72.1 Å². The second-order valence-corrected chi connectivity index (χ2v) is 8.86. The van der Waals surface area contributed by atoms with Gasteiger partial charge >= 0.3 is 5.97 Å². The van der Waals surface area contributed by atoms with E-state index in [4.69, 9.17) is 5.11 Å². The van der Waals surface area contributed by atoms with Crippen molar-refractivity contribution in [1.82, 2.24) is 15.1 Å². The standard InChI is InChI=1S/C20H35N3O3.ClH/c1-14(18-11-15-5-6-16(18)10-15)21-19(24)12-23-8-3-4-17(7-9-23)22(2)13-20(25)26;/h14-18H,3-13H2,1-2H3,(H,21,24)(H,25,26);1H. The van der Waals surface area contributed by atoms with E-state index in [1.807, 2.05) is 11.9 Å². The fourth-order valence-electron chi connectivity index (χ4n) is 5.60. The van der Waals surface area contributed by atoms with Crippen molar-refractivity contribution in [2.75, 3.05) is 33.2 Å². The van der Waals surface area contributed by atoms with Gasteiger partial charge in [0.15, 0.2) is 0 Å². The van der Waals surface area contributed by atoms with Crippen molar-refractivity contribution < 1.29 is 14.7 Å². The van der Waals surface area contributed by atoms with Gasteiger partial charge in [0.25, 0.3) is 0 Å². The number of rotatable bonds is 7. The van der Waals surface area contributed by atoms with Crippen molar-refractivity contribution in [3.8, 4) is 0 Å². The zero-order valence-electron chi connectivity index (χ0n) is 16.7. The van der Waals surface area contributed by atoms with Gasteiger partial charge in [0.2, 0.25) is 5.91 Å². The van der Waals surface area contributed by atoms with E-state index in [0.29, 0.717) is 24.5 Å². The van der Waals surface area contributed by atoms with Crippen LogP contribution in [0.2, 0.25) is 0 Å². The molecule has 1 aliphatic heterocycles. The zero-order chi connectivity index (χ0) is 18.7.